The van der Waals surface area contributed by atoms with Gasteiger partial charge in [0.2, 0.25) is 0 Å². The van der Waals surface area contributed by atoms with Crippen molar-refractivity contribution >= 4 is 0 Å². The van der Waals surface area contributed by atoms with Gasteiger partial charge in [0.1, 0.15) is 0 Å². The highest BCUT2D eigenvalue weighted by Gasteiger charge is 2.26. The highest BCUT2D eigenvalue weighted by atomic mass is 15.1. The molecule has 1 saturated carbocycles. The second kappa shape index (κ2) is 4.19. The van der Waals surface area contributed by atoms with E-state index in [-0.39, 0.29) is 0 Å². The van der Waals surface area contributed by atoms with Gasteiger partial charge in [-0.15, -0.1) is 0 Å². The molecule has 16 heavy (non-hydrogen) atoms. The molecule has 1 fully saturated rings. The molecule has 0 spiro atoms. The van der Waals surface area contributed by atoms with Crippen LogP contribution < -0.4 is 5.73 Å². The van der Waals surface area contributed by atoms with Crippen molar-refractivity contribution in [2.24, 2.45) is 11.7 Å². The van der Waals surface area contributed by atoms with Crippen LogP contribution in [0.3, 0.4) is 0 Å². The zero-order valence-electron chi connectivity index (χ0n) is 9.73. The highest BCUT2D eigenvalue weighted by molar-refractivity contribution is 5.30. The first-order chi connectivity index (χ1) is 7.81. The maximum Gasteiger partial charge on any atom is 0.0240 e. The molecule has 2 atom stereocenters. The normalized spacial score (nSPS) is 29.6. The summed E-state index contributed by atoms with van der Waals surface area (Å²) < 4.78 is 0. The Bertz CT molecular complexity index is 350. The van der Waals surface area contributed by atoms with Crippen molar-refractivity contribution in [2.45, 2.75) is 38.4 Å². The molecular formula is C14H20N2. The Kier molecular flexibility index (Phi) is 2.70. The van der Waals surface area contributed by atoms with Crippen molar-refractivity contribution in [1.29, 1.82) is 0 Å². The molecule has 2 heteroatoms. The number of nitrogens with two attached hydrogens (primary N) is 1. The van der Waals surface area contributed by atoms with Crippen LogP contribution in [0, 0.1) is 5.92 Å². The molecule has 1 aliphatic heterocycles. The minimum absolute atomic E-state index is 0.468. The van der Waals surface area contributed by atoms with Crippen LogP contribution >= 0.6 is 0 Å². The van der Waals surface area contributed by atoms with Gasteiger partial charge < -0.3 is 5.73 Å². The first kappa shape index (κ1) is 10.3. The Hall–Kier alpha value is -0.860. The summed E-state index contributed by atoms with van der Waals surface area (Å²) in [5, 5.41) is 0. The zero-order valence-corrected chi connectivity index (χ0v) is 9.73. The minimum Gasteiger partial charge on any atom is -0.328 e. The van der Waals surface area contributed by atoms with Crippen LogP contribution in [0.2, 0.25) is 0 Å². The zero-order chi connectivity index (χ0) is 11.0. The van der Waals surface area contributed by atoms with Gasteiger partial charge in [-0.25, -0.2) is 0 Å². The predicted molar refractivity (Wildman–Crippen MR) is 65.9 cm³/mol. The van der Waals surface area contributed by atoms with Gasteiger partial charge in [-0.05, 0) is 36.3 Å². The molecule has 2 unspecified atom stereocenters. The topological polar surface area (TPSA) is 29.3 Å². The summed E-state index contributed by atoms with van der Waals surface area (Å²) in [4.78, 5) is 2.58. The molecule has 86 valence electrons. The van der Waals surface area contributed by atoms with E-state index in [1.807, 2.05) is 0 Å². The summed E-state index contributed by atoms with van der Waals surface area (Å²) in [7, 11) is 0. The van der Waals surface area contributed by atoms with E-state index in [0.717, 1.165) is 19.0 Å². The maximum atomic E-state index is 5.97. The summed E-state index contributed by atoms with van der Waals surface area (Å²) in [5.74, 6) is 0.837. The Morgan fingerprint density at radius 1 is 1.12 bits per heavy atom. The molecule has 0 aromatic heterocycles. The average Bonchev–Trinajstić information content (AvgIpc) is 2.84. The van der Waals surface area contributed by atoms with E-state index >= 15 is 0 Å². The van der Waals surface area contributed by atoms with Gasteiger partial charge in [0.05, 0.1) is 0 Å². The van der Waals surface area contributed by atoms with E-state index in [1.54, 1.807) is 0 Å². The Labute approximate surface area is 97.4 Å². The lowest BCUT2D eigenvalue weighted by Crippen LogP contribution is -2.24. The van der Waals surface area contributed by atoms with E-state index in [9.17, 15) is 0 Å². The monoisotopic (exact) mass is 216 g/mol. The Morgan fingerprint density at radius 3 is 2.38 bits per heavy atom. The van der Waals surface area contributed by atoms with Crippen molar-refractivity contribution in [2.75, 3.05) is 6.54 Å². The number of rotatable bonds is 2. The van der Waals surface area contributed by atoms with E-state index in [0.29, 0.717) is 6.04 Å². The van der Waals surface area contributed by atoms with Crippen molar-refractivity contribution in [3.05, 3.63) is 35.4 Å². The Morgan fingerprint density at radius 2 is 1.81 bits per heavy atom. The first-order valence-electron chi connectivity index (χ1n) is 6.36. The summed E-state index contributed by atoms with van der Waals surface area (Å²) in [6.45, 7) is 3.52. The fourth-order valence-corrected chi connectivity index (χ4v) is 3.18. The van der Waals surface area contributed by atoms with E-state index in [1.165, 1.54) is 36.9 Å². The molecular weight excluding hydrogens is 196 g/mol. The van der Waals surface area contributed by atoms with Crippen LogP contribution in [0.1, 0.15) is 30.4 Å². The van der Waals surface area contributed by atoms with Gasteiger partial charge in [-0.1, -0.05) is 24.3 Å². The SMILES string of the molecule is NC1CCC(CN2Cc3ccccc3C2)C1. The molecule has 1 heterocycles. The van der Waals surface area contributed by atoms with Crippen LogP contribution in [0.15, 0.2) is 24.3 Å². The lowest BCUT2D eigenvalue weighted by Gasteiger charge is -2.19. The third kappa shape index (κ3) is 2.00. The van der Waals surface area contributed by atoms with E-state index in [4.69, 9.17) is 5.73 Å². The third-order valence-electron chi connectivity index (χ3n) is 4.00. The van der Waals surface area contributed by atoms with Crippen LogP contribution in [0.4, 0.5) is 0 Å². The van der Waals surface area contributed by atoms with Crippen molar-refractivity contribution in [3.63, 3.8) is 0 Å². The van der Waals surface area contributed by atoms with Crippen LogP contribution in [0.5, 0.6) is 0 Å². The predicted octanol–water partition coefficient (Wildman–Crippen LogP) is 2.13. The fourth-order valence-electron chi connectivity index (χ4n) is 3.18. The van der Waals surface area contributed by atoms with Gasteiger partial charge >= 0.3 is 0 Å². The van der Waals surface area contributed by atoms with Gasteiger partial charge in [0.25, 0.3) is 0 Å². The summed E-state index contributed by atoms with van der Waals surface area (Å²) >= 11 is 0. The molecule has 2 aliphatic rings. The average molecular weight is 216 g/mol. The minimum atomic E-state index is 0.468. The molecule has 1 aliphatic carbocycles. The molecule has 1 aromatic rings. The lowest BCUT2D eigenvalue weighted by atomic mass is 10.1. The van der Waals surface area contributed by atoms with E-state index < -0.39 is 0 Å². The smallest absolute Gasteiger partial charge is 0.0240 e. The van der Waals surface area contributed by atoms with Gasteiger partial charge in [0.15, 0.2) is 0 Å². The Balaban J connectivity index is 1.60. The molecule has 0 bridgehead atoms. The molecule has 1 aromatic carbocycles. The van der Waals surface area contributed by atoms with E-state index in [2.05, 4.69) is 29.2 Å². The second-order valence-corrected chi connectivity index (χ2v) is 5.38. The highest BCUT2D eigenvalue weighted by Crippen LogP contribution is 2.29. The van der Waals surface area contributed by atoms with Crippen LogP contribution in [-0.2, 0) is 13.1 Å². The van der Waals surface area contributed by atoms with Crippen molar-refractivity contribution < 1.29 is 0 Å². The van der Waals surface area contributed by atoms with Crippen molar-refractivity contribution in [3.8, 4) is 0 Å². The number of benzene rings is 1. The van der Waals surface area contributed by atoms with Gasteiger partial charge in [-0.3, -0.25) is 4.90 Å². The molecule has 0 amide bonds. The lowest BCUT2D eigenvalue weighted by molar-refractivity contribution is 0.236. The number of fused-ring (bicyclic) bond motifs is 1. The summed E-state index contributed by atoms with van der Waals surface area (Å²) in [6.07, 6.45) is 3.78. The number of nitrogens with zero attached hydrogens (tertiary/aromatic N) is 1. The maximum absolute atomic E-state index is 5.97. The second-order valence-electron chi connectivity index (χ2n) is 5.38. The quantitative estimate of drug-likeness (QED) is 0.820. The molecule has 3 rings (SSSR count). The molecule has 0 saturated heterocycles. The molecule has 2 N–H and O–H groups in total. The van der Waals surface area contributed by atoms with Gasteiger partial charge in [-0.2, -0.15) is 0 Å². The third-order valence-corrected chi connectivity index (χ3v) is 4.00. The van der Waals surface area contributed by atoms with Gasteiger partial charge in [0, 0.05) is 25.7 Å². The molecule has 2 nitrogen and oxygen atoms in total. The first-order valence-corrected chi connectivity index (χ1v) is 6.36. The largest absolute Gasteiger partial charge is 0.328 e. The molecule has 0 radical (unpaired) electrons. The number of hydrogen-bond donors (Lipinski definition) is 1. The summed E-state index contributed by atoms with van der Waals surface area (Å²) in [5.41, 5.74) is 9.00. The number of hydrogen-bond acceptors (Lipinski definition) is 2. The summed E-state index contributed by atoms with van der Waals surface area (Å²) in [6, 6.07) is 9.28. The van der Waals surface area contributed by atoms with Crippen LogP contribution in [0.25, 0.3) is 0 Å². The fraction of sp³-hybridized carbons (Fsp3) is 0.571. The van der Waals surface area contributed by atoms with Crippen LogP contribution in [-0.4, -0.2) is 17.5 Å². The van der Waals surface area contributed by atoms with Crippen molar-refractivity contribution in [1.82, 2.24) is 4.90 Å². The standard InChI is InChI=1S/C14H20N2/c15-14-6-5-11(7-14)8-16-9-12-3-1-2-4-13(12)10-16/h1-4,11,14H,5-10,15H2.